The maximum absolute atomic E-state index is 2.54. The smallest absolute Gasteiger partial charge is 0.0904 e. The third-order valence-electron chi connectivity index (χ3n) is 4.07. The van der Waals surface area contributed by atoms with Crippen LogP contribution in [0.25, 0.3) is 0 Å². The molecule has 0 radical (unpaired) electrons. The molecule has 0 atom stereocenters. The summed E-state index contributed by atoms with van der Waals surface area (Å²) in [6, 6.07) is 8.82. The van der Waals surface area contributed by atoms with Gasteiger partial charge in [0.05, 0.1) is 18.0 Å². The lowest BCUT2D eigenvalue weighted by Crippen LogP contribution is -2.31. The van der Waals surface area contributed by atoms with Crippen molar-refractivity contribution in [2.75, 3.05) is 29.6 Å². The van der Waals surface area contributed by atoms with E-state index in [9.17, 15) is 0 Å². The summed E-state index contributed by atoms with van der Waals surface area (Å²) >= 11 is 0. The Kier molecular flexibility index (Phi) is 5.56. The highest BCUT2D eigenvalue weighted by Crippen LogP contribution is 2.35. The highest BCUT2D eigenvalue weighted by molar-refractivity contribution is 5.76. The van der Waals surface area contributed by atoms with Gasteiger partial charge in [-0.05, 0) is 25.5 Å². The molecule has 0 saturated heterocycles. The van der Waals surface area contributed by atoms with Crippen LogP contribution in [-0.2, 0) is 0 Å². The summed E-state index contributed by atoms with van der Waals surface area (Å²) in [6.45, 7) is 7.90. The Bertz CT molecular complexity index is 375. The van der Waals surface area contributed by atoms with Crippen LogP contribution < -0.4 is 9.80 Å². The van der Waals surface area contributed by atoms with Crippen molar-refractivity contribution in [1.82, 2.24) is 0 Å². The van der Waals surface area contributed by atoms with Crippen LogP contribution in [-0.4, -0.2) is 19.8 Å². The molecule has 0 aromatic heterocycles. The number of para-hydroxylation sites is 2. The molecule has 106 valence electrons. The van der Waals surface area contributed by atoms with E-state index in [4.69, 9.17) is 0 Å². The van der Waals surface area contributed by atoms with Gasteiger partial charge in [0.2, 0.25) is 0 Å². The predicted octanol–water partition coefficient (Wildman–Crippen LogP) is 4.65. The summed E-state index contributed by atoms with van der Waals surface area (Å²) in [5, 5.41) is 0. The minimum absolute atomic E-state index is 1.07. The Morgan fingerprint density at radius 2 is 1.47 bits per heavy atom. The van der Waals surface area contributed by atoms with Gasteiger partial charge >= 0.3 is 0 Å². The van der Waals surface area contributed by atoms with Crippen molar-refractivity contribution in [1.29, 1.82) is 0 Å². The molecule has 2 nitrogen and oxygen atoms in total. The van der Waals surface area contributed by atoms with Gasteiger partial charge in [-0.25, -0.2) is 0 Å². The van der Waals surface area contributed by atoms with Crippen molar-refractivity contribution in [3.63, 3.8) is 0 Å². The summed E-state index contributed by atoms with van der Waals surface area (Å²) < 4.78 is 0. The van der Waals surface area contributed by atoms with Crippen LogP contribution in [0.3, 0.4) is 0 Å². The number of nitrogens with zero attached hydrogens (tertiary/aromatic N) is 2. The average molecular weight is 260 g/mol. The van der Waals surface area contributed by atoms with E-state index < -0.39 is 0 Å². The van der Waals surface area contributed by atoms with Crippen LogP contribution in [0, 0.1) is 0 Å². The summed E-state index contributed by atoms with van der Waals surface area (Å²) in [5.41, 5.74) is 2.84. The molecule has 19 heavy (non-hydrogen) atoms. The molecule has 0 saturated carbocycles. The molecule has 0 fully saturated rings. The highest BCUT2D eigenvalue weighted by Gasteiger charge is 2.23. The predicted molar refractivity (Wildman–Crippen MR) is 85.1 cm³/mol. The third kappa shape index (κ3) is 3.65. The number of fused-ring (bicyclic) bond motifs is 1. The Labute approximate surface area is 118 Å². The standard InChI is InChI=1S/C17H28N2/c1-3-5-6-7-8-11-14-19-15-18(4-2)16-12-9-10-13-17(16)19/h9-10,12-13H,3-8,11,14-15H2,1-2H3. The first kappa shape index (κ1) is 14.2. The zero-order valence-electron chi connectivity index (χ0n) is 12.6. The molecule has 0 spiro atoms. The second-order valence-corrected chi connectivity index (χ2v) is 5.52. The van der Waals surface area contributed by atoms with Crippen LogP contribution >= 0.6 is 0 Å². The summed E-state index contributed by atoms with van der Waals surface area (Å²) in [4.78, 5) is 5.01. The van der Waals surface area contributed by atoms with E-state index in [1.807, 2.05) is 0 Å². The maximum Gasteiger partial charge on any atom is 0.0904 e. The van der Waals surface area contributed by atoms with E-state index in [1.165, 1.54) is 56.4 Å². The lowest BCUT2D eigenvalue weighted by atomic mass is 10.1. The van der Waals surface area contributed by atoms with Gasteiger partial charge < -0.3 is 9.80 Å². The van der Waals surface area contributed by atoms with Gasteiger partial charge in [0.1, 0.15) is 0 Å². The first-order valence-electron chi connectivity index (χ1n) is 7.95. The van der Waals surface area contributed by atoms with Crippen molar-refractivity contribution in [2.24, 2.45) is 0 Å². The fourth-order valence-electron chi connectivity index (χ4n) is 2.90. The number of unbranched alkanes of at least 4 members (excludes halogenated alkanes) is 5. The van der Waals surface area contributed by atoms with Crippen LogP contribution in [0.15, 0.2) is 24.3 Å². The van der Waals surface area contributed by atoms with Gasteiger partial charge in [0.25, 0.3) is 0 Å². The van der Waals surface area contributed by atoms with Gasteiger partial charge in [0.15, 0.2) is 0 Å². The first-order valence-corrected chi connectivity index (χ1v) is 7.95. The van der Waals surface area contributed by atoms with Crippen molar-refractivity contribution >= 4 is 11.4 Å². The number of rotatable bonds is 8. The second kappa shape index (κ2) is 7.42. The molecule has 0 bridgehead atoms. The first-order chi connectivity index (χ1) is 9.36. The van der Waals surface area contributed by atoms with Crippen molar-refractivity contribution in [3.8, 4) is 0 Å². The molecule has 0 amide bonds. The Morgan fingerprint density at radius 3 is 2.16 bits per heavy atom. The fourth-order valence-corrected chi connectivity index (χ4v) is 2.90. The van der Waals surface area contributed by atoms with E-state index in [-0.39, 0.29) is 0 Å². The molecule has 1 aromatic carbocycles. The Hall–Kier alpha value is -1.18. The topological polar surface area (TPSA) is 6.48 Å². The number of hydrogen-bond acceptors (Lipinski definition) is 2. The fraction of sp³-hybridized carbons (Fsp3) is 0.647. The molecule has 0 aliphatic carbocycles. The largest absolute Gasteiger partial charge is 0.352 e. The van der Waals surface area contributed by atoms with Crippen LogP contribution in [0.2, 0.25) is 0 Å². The van der Waals surface area contributed by atoms with Crippen LogP contribution in [0.1, 0.15) is 52.4 Å². The Balaban J connectivity index is 1.79. The van der Waals surface area contributed by atoms with Gasteiger partial charge in [-0.1, -0.05) is 51.2 Å². The van der Waals surface area contributed by atoms with E-state index >= 15 is 0 Å². The van der Waals surface area contributed by atoms with Gasteiger partial charge in [-0.15, -0.1) is 0 Å². The maximum atomic E-state index is 2.54. The SMILES string of the molecule is CCCCCCCCN1CN(CC)c2ccccc21. The molecular weight excluding hydrogens is 232 g/mol. The van der Waals surface area contributed by atoms with Gasteiger partial charge in [0, 0.05) is 13.1 Å². The van der Waals surface area contributed by atoms with E-state index in [0.717, 1.165) is 13.2 Å². The van der Waals surface area contributed by atoms with E-state index in [2.05, 4.69) is 47.9 Å². The molecule has 1 aromatic rings. The van der Waals surface area contributed by atoms with E-state index in [1.54, 1.807) is 0 Å². The normalized spacial score (nSPS) is 14.0. The Morgan fingerprint density at radius 1 is 0.842 bits per heavy atom. The highest BCUT2D eigenvalue weighted by atomic mass is 15.4. The minimum Gasteiger partial charge on any atom is -0.352 e. The lowest BCUT2D eigenvalue weighted by Gasteiger charge is -2.20. The van der Waals surface area contributed by atoms with E-state index in [0.29, 0.717) is 0 Å². The molecule has 2 heteroatoms. The van der Waals surface area contributed by atoms with Crippen molar-refractivity contribution < 1.29 is 0 Å². The number of hydrogen-bond donors (Lipinski definition) is 0. The summed E-state index contributed by atoms with van der Waals surface area (Å²) in [6.07, 6.45) is 8.26. The molecule has 1 aliphatic heterocycles. The molecule has 0 N–H and O–H groups in total. The van der Waals surface area contributed by atoms with Crippen molar-refractivity contribution in [2.45, 2.75) is 52.4 Å². The summed E-state index contributed by atoms with van der Waals surface area (Å²) in [7, 11) is 0. The molecule has 2 rings (SSSR count). The quantitative estimate of drug-likeness (QED) is 0.628. The minimum atomic E-state index is 1.07. The molecule has 1 aliphatic rings. The third-order valence-corrected chi connectivity index (χ3v) is 4.07. The number of anilines is 2. The van der Waals surface area contributed by atoms with Crippen LogP contribution in [0.4, 0.5) is 11.4 Å². The number of benzene rings is 1. The zero-order valence-corrected chi connectivity index (χ0v) is 12.6. The second-order valence-electron chi connectivity index (χ2n) is 5.52. The van der Waals surface area contributed by atoms with Crippen molar-refractivity contribution in [3.05, 3.63) is 24.3 Å². The van der Waals surface area contributed by atoms with Gasteiger partial charge in [-0.2, -0.15) is 0 Å². The lowest BCUT2D eigenvalue weighted by molar-refractivity contribution is 0.600. The van der Waals surface area contributed by atoms with Crippen LogP contribution in [0.5, 0.6) is 0 Å². The zero-order chi connectivity index (χ0) is 13.5. The monoisotopic (exact) mass is 260 g/mol. The molecule has 1 heterocycles. The van der Waals surface area contributed by atoms with Gasteiger partial charge in [-0.3, -0.25) is 0 Å². The molecule has 0 unspecified atom stereocenters. The average Bonchev–Trinajstić information content (AvgIpc) is 2.81. The summed E-state index contributed by atoms with van der Waals surface area (Å²) in [5.74, 6) is 0. The molecular formula is C17H28N2.